The Morgan fingerprint density at radius 2 is 1.88 bits per heavy atom. The largest absolute Gasteiger partial charge is 0.467 e. The molecule has 0 aliphatic rings. The van der Waals surface area contributed by atoms with E-state index in [1.807, 2.05) is 0 Å². The molecule has 1 atom stereocenters. The Labute approximate surface area is 137 Å². The molecule has 0 bridgehead atoms. The second-order valence-electron chi connectivity index (χ2n) is 4.86. The van der Waals surface area contributed by atoms with E-state index in [0.29, 0.717) is 5.56 Å². The van der Waals surface area contributed by atoms with Crippen LogP contribution >= 0.6 is 0 Å². The first-order chi connectivity index (χ1) is 11.4. The fraction of sp³-hybridized carbons (Fsp3) is 0.125. The molecule has 8 nitrogen and oxygen atoms in total. The standard InChI is InChI=1S/C16H15N3O5/c1-24-16(21)14(10-5-3-2-4-6-10)18-12-8-7-11(15(17)20)9-13(12)19(22)23/h2-9,14,18H,1H3,(H2,17,20)/t14-/m0/s1. The van der Waals surface area contributed by atoms with Crippen LogP contribution in [0.4, 0.5) is 11.4 Å². The molecule has 2 aromatic carbocycles. The fourth-order valence-corrected chi connectivity index (χ4v) is 2.16. The van der Waals surface area contributed by atoms with Gasteiger partial charge in [-0.05, 0) is 17.7 Å². The van der Waals surface area contributed by atoms with Gasteiger partial charge in [-0.1, -0.05) is 30.3 Å². The van der Waals surface area contributed by atoms with Gasteiger partial charge in [-0.25, -0.2) is 4.79 Å². The molecule has 0 fully saturated rings. The highest BCUT2D eigenvalue weighted by Gasteiger charge is 2.25. The van der Waals surface area contributed by atoms with Gasteiger partial charge in [0.15, 0.2) is 6.04 Å². The minimum absolute atomic E-state index is 0.00146. The number of carbonyl (C=O) groups excluding carboxylic acids is 2. The van der Waals surface area contributed by atoms with Crippen LogP contribution in [0, 0.1) is 10.1 Å². The van der Waals surface area contributed by atoms with Crippen molar-refractivity contribution in [2.75, 3.05) is 12.4 Å². The van der Waals surface area contributed by atoms with Crippen molar-refractivity contribution in [1.82, 2.24) is 0 Å². The van der Waals surface area contributed by atoms with Gasteiger partial charge in [-0.3, -0.25) is 14.9 Å². The van der Waals surface area contributed by atoms with E-state index in [2.05, 4.69) is 5.32 Å². The predicted molar refractivity (Wildman–Crippen MR) is 86.4 cm³/mol. The number of nitrogens with zero attached hydrogens (tertiary/aromatic N) is 1. The number of ether oxygens (including phenoxy) is 1. The lowest BCUT2D eigenvalue weighted by molar-refractivity contribution is -0.384. The minimum atomic E-state index is -0.936. The van der Waals surface area contributed by atoms with Crippen molar-refractivity contribution in [3.8, 4) is 0 Å². The average Bonchev–Trinajstić information content (AvgIpc) is 2.59. The van der Waals surface area contributed by atoms with Crippen LogP contribution in [0.1, 0.15) is 22.0 Å². The molecule has 0 saturated carbocycles. The van der Waals surface area contributed by atoms with Crippen LogP contribution in [0.5, 0.6) is 0 Å². The smallest absolute Gasteiger partial charge is 0.332 e. The third kappa shape index (κ3) is 3.67. The molecule has 0 spiro atoms. The average molecular weight is 329 g/mol. The van der Waals surface area contributed by atoms with Gasteiger partial charge in [0.1, 0.15) is 5.69 Å². The summed E-state index contributed by atoms with van der Waals surface area (Å²) in [4.78, 5) is 33.8. The van der Waals surface area contributed by atoms with E-state index in [9.17, 15) is 19.7 Å². The van der Waals surface area contributed by atoms with Gasteiger partial charge in [0.25, 0.3) is 5.69 Å². The monoisotopic (exact) mass is 329 g/mol. The van der Waals surface area contributed by atoms with E-state index in [4.69, 9.17) is 10.5 Å². The topological polar surface area (TPSA) is 125 Å². The van der Waals surface area contributed by atoms with Gasteiger partial charge in [-0.2, -0.15) is 0 Å². The van der Waals surface area contributed by atoms with E-state index in [1.165, 1.54) is 19.2 Å². The number of nitrogens with one attached hydrogen (secondary N) is 1. The Bertz CT molecular complexity index is 777. The van der Waals surface area contributed by atoms with Crippen molar-refractivity contribution in [2.24, 2.45) is 5.73 Å². The van der Waals surface area contributed by atoms with Crippen LogP contribution < -0.4 is 11.1 Å². The Morgan fingerprint density at radius 1 is 1.21 bits per heavy atom. The molecule has 3 N–H and O–H groups in total. The second-order valence-corrected chi connectivity index (χ2v) is 4.86. The molecule has 24 heavy (non-hydrogen) atoms. The maximum absolute atomic E-state index is 12.0. The summed E-state index contributed by atoms with van der Waals surface area (Å²) in [5, 5.41) is 14.0. The van der Waals surface area contributed by atoms with Crippen molar-refractivity contribution in [3.63, 3.8) is 0 Å². The number of carbonyl (C=O) groups is 2. The van der Waals surface area contributed by atoms with Crippen molar-refractivity contribution >= 4 is 23.3 Å². The molecule has 0 unspecified atom stereocenters. The van der Waals surface area contributed by atoms with E-state index < -0.39 is 22.8 Å². The number of hydrogen-bond donors (Lipinski definition) is 2. The number of hydrogen-bond acceptors (Lipinski definition) is 6. The van der Waals surface area contributed by atoms with Crippen molar-refractivity contribution < 1.29 is 19.2 Å². The van der Waals surface area contributed by atoms with Crippen LogP contribution in [0.3, 0.4) is 0 Å². The summed E-state index contributed by atoms with van der Waals surface area (Å²) in [6, 6.07) is 11.4. The number of esters is 1. The number of rotatable bonds is 6. The number of methoxy groups -OCH3 is 1. The molecule has 0 aromatic heterocycles. The molecule has 0 aliphatic heterocycles. The Morgan fingerprint density at radius 3 is 2.42 bits per heavy atom. The predicted octanol–water partition coefficient (Wildman–Crippen LogP) is 2.02. The minimum Gasteiger partial charge on any atom is -0.467 e. The lowest BCUT2D eigenvalue weighted by Gasteiger charge is -2.18. The Kier molecular flexibility index (Phi) is 5.10. The van der Waals surface area contributed by atoms with Gasteiger partial charge in [0.05, 0.1) is 12.0 Å². The van der Waals surface area contributed by atoms with Crippen LogP contribution in [0.25, 0.3) is 0 Å². The van der Waals surface area contributed by atoms with Crippen LogP contribution in [-0.4, -0.2) is 23.9 Å². The van der Waals surface area contributed by atoms with E-state index in [0.717, 1.165) is 6.07 Å². The highest BCUT2D eigenvalue weighted by atomic mass is 16.6. The molecule has 0 heterocycles. The zero-order valence-electron chi connectivity index (χ0n) is 12.8. The quantitative estimate of drug-likeness (QED) is 0.474. The van der Waals surface area contributed by atoms with Gasteiger partial charge in [0.2, 0.25) is 5.91 Å². The summed E-state index contributed by atoms with van der Waals surface area (Å²) < 4.78 is 4.76. The zero-order valence-corrected chi connectivity index (χ0v) is 12.8. The lowest BCUT2D eigenvalue weighted by Crippen LogP contribution is -2.23. The number of nitrogens with two attached hydrogens (primary N) is 1. The first kappa shape index (κ1) is 16.9. The number of primary amides is 1. The van der Waals surface area contributed by atoms with Crippen LogP contribution in [0.15, 0.2) is 48.5 Å². The molecular weight excluding hydrogens is 314 g/mol. The third-order valence-corrected chi connectivity index (χ3v) is 3.35. The third-order valence-electron chi connectivity index (χ3n) is 3.35. The number of nitro groups is 1. The number of benzene rings is 2. The Hall–Kier alpha value is -3.42. The summed E-state index contributed by atoms with van der Waals surface area (Å²) in [6.07, 6.45) is 0. The highest BCUT2D eigenvalue weighted by molar-refractivity contribution is 5.94. The molecule has 8 heteroatoms. The van der Waals surface area contributed by atoms with Crippen LogP contribution in [-0.2, 0) is 9.53 Å². The molecule has 1 amide bonds. The maximum Gasteiger partial charge on any atom is 0.332 e. The summed E-state index contributed by atoms with van der Waals surface area (Å²) in [6.45, 7) is 0. The first-order valence-corrected chi connectivity index (χ1v) is 6.91. The van der Waals surface area contributed by atoms with Crippen molar-refractivity contribution in [3.05, 3.63) is 69.8 Å². The molecule has 0 saturated heterocycles. The summed E-state index contributed by atoms with van der Waals surface area (Å²) in [7, 11) is 1.23. The SMILES string of the molecule is COC(=O)[C@@H](Nc1ccc(C(N)=O)cc1[N+](=O)[O-])c1ccccc1. The highest BCUT2D eigenvalue weighted by Crippen LogP contribution is 2.29. The normalized spacial score (nSPS) is 11.4. The van der Waals surface area contributed by atoms with Gasteiger partial charge in [0, 0.05) is 11.6 Å². The maximum atomic E-state index is 12.0. The van der Waals surface area contributed by atoms with Crippen molar-refractivity contribution in [1.29, 1.82) is 0 Å². The summed E-state index contributed by atoms with van der Waals surface area (Å²) in [5.41, 5.74) is 5.43. The summed E-state index contributed by atoms with van der Waals surface area (Å²) in [5.74, 6) is -1.38. The summed E-state index contributed by atoms with van der Waals surface area (Å²) >= 11 is 0. The molecule has 0 aliphatic carbocycles. The van der Waals surface area contributed by atoms with Gasteiger partial charge < -0.3 is 15.8 Å². The molecule has 2 aromatic rings. The van der Waals surface area contributed by atoms with Crippen LogP contribution in [0.2, 0.25) is 0 Å². The molecular formula is C16H15N3O5. The number of nitro benzene ring substituents is 1. The second kappa shape index (κ2) is 7.23. The van der Waals surface area contributed by atoms with Crippen molar-refractivity contribution in [2.45, 2.75) is 6.04 Å². The van der Waals surface area contributed by atoms with E-state index in [-0.39, 0.29) is 16.9 Å². The van der Waals surface area contributed by atoms with E-state index in [1.54, 1.807) is 30.3 Å². The molecule has 2 rings (SSSR count). The van der Waals surface area contributed by atoms with Gasteiger partial charge >= 0.3 is 5.97 Å². The molecule has 124 valence electrons. The lowest BCUT2D eigenvalue weighted by atomic mass is 10.1. The zero-order chi connectivity index (χ0) is 17.7. The number of amides is 1. The van der Waals surface area contributed by atoms with Gasteiger partial charge in [-0.15, -0.1) is 0 Å². The molecule has 0 radical (unpaired) electrons. The first-order valence-electron chi connectivity index (χ1n) is 6.91. The number of anilines is 1. The Balaban J connectivity index is 2.44. The van der Waals surface area contributed by atoms with E-state index >= 15 is 0 Å². The fourth-order valence-electron chi connectivity index (χ4n) is 2.16.